The third-order valence-electron chi connectivity index (χ3n) is 9.66. The smallest absolute Gasteiger partial charge is 0.159 e. The second-order valence-electron chi connectivity index (χ2n) is 11.7. The minimum Gasteiger partial charge on any atom is -0.454 e. The zero-order valence-corrected chi connectivity index (χ0v) is 23.3. The molecule has 2 aliphatic carbocycles. The van der Waals surface area contributed by atoms with Gasteiger partial charge in [-0.15, -0.1) is 0 Å². The zero-order valence-electron chi connectivity index (χ0n) is 23.3. The lowest BCUT2D eigenvalue weighted by Gasteiger charge is -2.30. The van der Waals surface area contributed by atoms with Crippen LogP contribution >= 0.6 is 0 Å². The number of hydrogen-bond acceptors (Lipinski definition) is 2. The van der Waals surface area contributed by atoms with Crippen molar-refractivity contribution in [1.29, 1.82) is 0 Å². The Labute approximate surface area is 248 Å². The van der Waals surface area contributed by atoms with E-state index in [-0.39, 0.29) is 5.41 Å². The average Bonchev–Trinajstić information content (AvgIpc) is 3.70. The van der Waals surface area contributed by atoms with Crippen LogP contribution in [-0.2, 0) is 5.41 Å². The number of fused-ring (bicyclic) bond motifs is 15. The summed E-state index contributed by atoms with van der Waals surface area (Å²) in [5, 5.41) is 8.58. The molecule has 0 saturated heterocycles. The molecule has 0 bridgehead atoms. The summed E-state index contributed by atoms with van der Waals surface area (Å²) in [5.41, 5.74) is 14.0. The summed E-state index contributed by atoms with van der Waals surface area (Å²) in [6.07, 6.45) is 0. The number of para-hydroxylation sites is 1. The molecule has 7 aromatic carbocycles. The van der Waals surface area contributed by atoms with Crippen LogP contribution in [0.2, 0.25) is 0 Å². The quantitative estimate of drug-likeness (QED) is 0.233. The largest absolute Gasteiger partial charge is 0.454 e. The summed E-state index contributed by atoms with van der Waals surface area (Å²) >= 11 is 0. The first-order valence-corrected chi connectivity index (χ1v) is 14.9. The van der Waals surface area contributed by atoms with E-state index in [2.05, 4.69) is 145 Å². The molecule has 0 unspecified atom stereocenters. The fourth-order valence-electron chi connectivity index (χ4n) is 8.06. The van der Waals surface area contributed by atoms with Gasteiger partial charge in [0, 0.05) is 22.0 Å². The molecule has 1 aromatic heterocycles. The molecule has 2 nitrogen and oxygen atoms in total. The minimum absolute atomic E-state index is 0.366. The van der Waals surface area contributed by atoms with E-state index in [0.717, 1.165) is 33.3 Å². The van der Waals surface area contributed by atoms with E-state index in [4.69, 9.17) is 4.42 Å². The van der Waals surface area contributed by atoms with Gasteiger partial charge in [-0.25, -0.2) is 0 Å². The number of rotatable bonds is 2. The summed E-state index contributed by atoms with van der Waals surface area (Å²) < 4.78 is 6.58. The predicted molar refractivity (Wildman–Crippen MR) is 177 cm³/mol. The molecule has 43 heavy (non-hydrogen) atoms. The second kappa shape index (κ2) is 8.24. The highest BCUT2D eigenvalue weighted by atomic mass is 16.3. The Morgan fingerprint density at radius 2 is 1.05 bits per heavy atom. The number of hydrogen-bond donors (Lipinski definition) is 1. The molecule has 1 spiro atoms. The monoisotopic (exact) mass is 547 g/mol. The lowest BCUT2D eigenvalue weighted by molar-refractivity contribution is 0.670. The van der Waals surface area contributed by atoms with Gasteiger partial charge in [0.2, 0.25) is 0 Å². The average molecular weight is 548 g/mol. The van der Waals surface area contributed by atoms with E-state index in [1.54, 1.807) is 0 Å². The van der Waals surface area contributed by atoms with E-state index >= 15 is 0 Å². The Morgan fingerprint density at radius 1 is 0.465 bits per heavy atom. The normalized spacial score (nSPS) is 13.8. The van der Waals surface area contributed by atoms with Crippen molar-refractivity contribution in [2.75, 3.05) is 5.32 Å². The first-order chi connectivity index (χ1) is 21.3. The van der Waals surface area contributed by atoms with E-state index in [1.807, 2.05) is 6.07 Å². The number of furan rings is 1. The van der Waals surface area contributed by atoms with Gasteiger partial charge in [0.05, 0.1) is 11.1 Å². The fraction of sp³-hybridized carbons (Fsp3) is 0.0244. The van der Waals surface area contributed by atoms with E-state index < -0.39 is 0 Å². The van der Waals surface area contributed by atoms with Crippen molar-refractivity contribution in [1.82, 2.24) is 0 Å². The van der Waals surface area contributed by atoms with Crippen LogP contribution in [0.3, 0.4) is 0 Å². The van der Waals surface area contributed by atoms with Crippen molar-refractivity contribution in [3.8, 4) is 22.3 Å². The Balaban J connectivity index is 1.27. The highest BCUT2D eigenvalue weighted by Crippen LogP contribution is 2.63. The molecule has 2 heteroatoms. The highest BCUT2D eigenvalue weighted by molar-refractivity contribution is 6.22. The summed E-state index contributed by atoms with van der Waals surface area (Å²) in [7, 11) is 0. The zero-order chi connectivity index (χ0) is 28.1. The molecule has 0 atom stereocenters. The summed E-state index contributed by atoms with van der Waals surface area (Å²) in [4.78, 5) is 0. The molecule has 0 amide bonds. The molecule has 0 radical (unpaired) electrons. The van der Waals surface area contributed by atoms with E-state index in [0.29, 0.717) is 0 Å². The van der Waals surface area contributed by atoms with E-state index in [1.165, 1.54) is 55.3 Å². The van der Waals surface area contributed by atoms with Gasteiger partial charge in [-0.05, 0) is 67.9 Å². The predicted octanol–water partition coefficient (Wildman–Crippen LogP) is 10.8. The molecule has 1 heterocycles. The Kier molecular flexibility index (Phi) is 4.41. The number of nitrogens with one attached hydrogen (secondary N) is 1. The van der Waals surface area contributed by atoms with Crippen LogP contribution in [0.25, 0.3) is 55.0 Å². The second-order valence-corrected chi connectivity index (χ2v) is 11.7. The van der Waals surface area contributed by atoms with Crippen molar-refractivity contribution in [3.63, 3.8) is 0 Å². The molecule has 2 aliphatic rings. The number of benzene rings is 7. The van der Waals surface area contributed by atoms with Crippen LogP contribution < -0.4 is 5.32 Å². The van der Waals surface area contributed by atoms with Gasteiger partial charge in [0.1, 0.15) is 5.58 Å². The van der Waals surface area contributed by atoms with Crippen LogP contribution in [0.4, 0.5) is 11.4 Å². The maximum absolute atomic E-state index is 6.58. The Hall–Kier alpha value is -5.60. The van der Waals surface area contributed by atoms with Crippen LogP contribution in [0.15, 0.2) is 150 Å². The minimum atomic E-state index is -0.366. The first kappa shape index (κ1) is 23.0. The standard InChI is InChI=1S/C41H25NO/c1-2-13-26-25(12-1)24-36(40-38(26)30-17-6-10-23-37(30)43-40)42-35-22-11-21-34-39(35)29-16-5-9-20-33(29)41(34)31-18-7-3-14-27(31)28-15-4-8-19-32(28)41/h1-24,42H. The fourth-order valence-corrected chi connectivity index (χ4v) is 8.06. The molecule has 0 saturated carbocycles. The van der Waals surface area contributed by atoms with Gasteiger partial charge in [-0.3, -0.25) is 0 Å². The lowest BCUT2D eigenvalue weighted by atomic mass is 9.70. The Bertz CT molecular complexity index is 2400. The maximum Gasteiger partial charge on any atom is 0.159 e. The van der Waals surface area contributed by atoms with Crippen molar-refractivity contribution in [2.24, 2.45) is 0 Å². The van der Waals surface area contributed by atoms with Gasteiger partial charge >= 0.3 is 0 Å². The third-order valence-corrected chi connectivity index (χ3v) is 9.66. The van der Waals surface area contributed by atoms with Crippen molar-refractivity contribution >= 4 is 44.1 Å². The Morgan fingerprint density at radius 3 is 1.81 bits per heavy atom. The molecule has 0 fully saturated rings. The maximum atomic E-state index is 6.58. The molecule has 8 aromatic rings. The summed E-state index contributed by atoms with van der Waals surface area (Å²) in [6.45, 7) is 0. The van der Waals surface area contributed by atoms with Gasteiger partial charge in [0.25, 0.3) is 0 Å². The van der Waals surface area contributed by atoms with Crippen LogP contribution in [0.5, 0.6) is 0 Å². The van der Waals surface area contributed by atoms with Gasteiger partial charge in [-0.1, -0.05) is 127 Å². The third kappa shape index (κ3) is 2.83. The molecule has 200 valence electrons. The van der Waals surface area contributed by atoms with Gasteiger partial charge in [0.15, 0.2) is 5.58 Å². The van der Waals surface area contributed by atoms with Crippen molar-refractivity contribution < 1.29 is 4.42 Å². The van der Waals surface area contributed by atoms with Gasteiger partial charge < -0.3 is 9.73 Å². The van der Waals surface area contributed by atoms with Gasteiger partial charge in [-0.2, -0.15) is 0 Å². The van der Waals surface area contributed by atoms with Crippen molar-refractivity contribution in [3.05, 3.63) is 168 Å². The topological polar surface area (TPSA) is 25.2 Å². The molecule has 0 aliphatic heterocycles. The molecule has 10 rings (SSSR count). The summed E-state index contributed by atoms with van der Waals surface area (Å²) in [5.74, 6) is 0. The molecular formula is C41H25NO. The van der Waals surface area contributed by atoms with Crippen LogP contribution in [0, 0.1) is 0 Å². The lowest BCUT2D eigenvalue weighted by Crippen LogP contribution is -2.25. The molecular weight excluding hydrogens is 522 g/mol. The highest BCUT2D eigenvalue weighted by Gasteiger charge is 2.51. The van der Waals surface area contributed by atoms with Crippen molar-refractivity contribution in [2.45, 2.75) is 5.41 Å². The van der Waals surface area contributed by atoms with Crippen LogP contribution in [0.1, 0.15) is 22.3 Å². The SMILES string of the molecule is c1ccc2c(c1)-c1ccccc1C21c2ccccc2-c2c(Nc3cc4ccccc4c4c3oc3ccccc34)cccc21. The van der Waals surface area contributed by atoms with E-state index in [9.17, 15) is 0 Å². The first-order valence-electron chi connectivity index (χ1n) is 14.9. The molecule has 1 N–H and O–H groups in total. The van der Waals surface area contributed by atoms with Crippen LogP contribution in [-0.4, -0.2) is 0 Å². The summed E-state index contributed by atoms with van der Waals surface area (Å²) in [6, 6.07) is 52.8. The number of anilines is 2.